The van der Waals surface area contributed by atoms with Crippen molar-refractivity contribution in [3.05, 3.63) is 167 Å². The number of esters is 1. The molecule has 3 aliphatic heterocycles. The van der Waals surface area contributed by atoms with Gasteiger partial charge in [-0.05, 0) is 90.8 Å². The quantitative estimate of drug-likeness (QED) is 0.0780. The van der Waals surface area contributed by atoms with Gasteiger partial charge in [-0.2, -0.15) is 0 Å². The molecule has 11 heteroatoms. The number of anilines is 1. The SMILES string of the molecule is CC(NC(=O)N1C(=O)C2(c3cc(C#CC4(O)CCCCCC4)ccc31)C(C(N)=O)C1C(=O)OC(c3ccccc3)C(c3ccccc3)N1C2c1ccc(O)cc1)c1ccccc1. The molecule has 4 aliphatic rings. The molecule has 9 rings (SSSR count). The monoisotopic (exact) mass is 828 g/mol. The van der Waals surface area contributed by atoms with Gasteiger partial charge >= 0.3 is 12.0 Å². The number of nitrogens with one attached hydrogen (secondary N) is 1. The lowest BCUT2D eigenvalue weighted by atomic mass is 9.65. The number of phenolic OH excluding ortho intramolecular Hbond substituents is 1. The van der Waals surface area contributed by atoms with Gasteiger partial charge in [-0.3, -0.25) is 19.3 Å². The summed E-state index contributed by atoms with van der Waals surface area (Å²) in [4.78, 5) is 63.2. The highest BCUT2D eigenvalue weighted by Gasteiger charge is 2.75. The molecule has 2 saturated heterocycles. The normalized spacial score (nSPS) is 25.7. The molecular weight excluding hydrogens is 781 g/mol. The van der Waals surface area contributed by atoms with Gasteiger partial charge in [-0.1, -0.05) is 128 Å². The van der Waals surface area contributed by atoms with Crippen LogP contribution in [0.1, 0.15) is 103 Å². The number of fused-ring (bicyclic) bond motifs is 3. The van der Waals surface area contributed by atoms with E-state index in [0.717, 1.165) is 41.7 Å². The molecule has 62 heavy (non-hydrogen) atoms. The van der Waals surface area contributed by atoms with Gasteiger partial charge in [0.25, 0.3) is 0 Å². The topological polar surface area (TPSA) is 162 Å². The molecule has 0 bridgehead atoms. The van der Waals surface area contributed by atoms with Crippen LogP contribution in [-0.2, 0) is 24.5 Å². The van der Waals surface area contributed by atoms with Crippen LogP contribution in [0.4, 0.5) is 10.5 Å². The van der Waals surface area contributed by atoms with Crippen LogP contribution in [0.15, 0.2) is 133 Å². The summed E-state index contributed by atoms with van der Waals surface area (Å²) in [6, 6.07) is 34.9. The molecule has 3 heterocycles. The number of aromatic hydroxyl groups is 1. The second-order valence-electron chi connectivity index (χ2n) is 16.9. The largest absolute Gasteiger partial charge is 0.508 e. The Balaban J connectivity index is 1.30. The van der Waals surface area contributed by atoms with E-state index in [2.05, 4.69) is 17.2 Å². The zero-order valence-corrected chi connectivity index (χ0v) is 34.3. The number of nitrogens with zero attached hydrogens (tertiary/aromatic N) is 2. The van der Waals surface area contributed by atoms with Crippen molar-refractivity contribution >= 4 is 29.5 Å². The molecule has 7 atom stereocenters. The predicted molar refractivity (Wildman–Crippen MR) is 232 cm³/mol. The Labute approximate surface area is 360 Å². The van der Waals surface area contributed by atoms with Crippen LogP contribution in [0.25, 0.3) is 0 Å². The number of imide groups is 1. The van der Waals surface area contributed by atoms with E-state index in [4.69, 9.17) is 10.5 Å². The summed E-state index contributed by atoms with van der Waals surface area (Å²) in [7, 11) is 0. The summed E-state index contributed by atoms with van der Waals surface area (Å²) in [5.41, 5.74) is 6.91. The first kappa shape index (κ1) is 40.7. The van der Waals surface area contributed by atoms with Crippen molar-refractivity contribution in [2.45, 2.75) is 86.7 Å². The van der Waals surface area contributed by atoms with E-state index < -0.39 is 71.0 Å². The van der Waals surface area contributed by atoms with Crippen molar-refractivity contribution < 1.29 is 34.1 Å². The minimum Gasteiger partial charge on any atom is -0.508 e. The number of phenols is 1. The first-order valence-corrected chi connectivity index (χ1v) is 21.3. The first-order valence-electron chi connectivity index (χ1n) is 21.3. The molecule has 3 fully saturated rings. The molecule has 7 unspecified atom stereocenters. The van der Waals surface area contributed by atoms with Crippen molar-refractivity contribution in [2.75, 3.05) is 4.90 Å². The number of carbonyl (C=O) groups excluding carboxylic acids is 4. The summed E-state index contributed by atoms with van der Waals surface area (Å²) in [5, 5.41) is 25.2. The molecule has 4 amide bonds. The average Bonchev–Trinajstić information content (AvgIpc) is 3.62. The van der Waals surface area contributed by atoms with Crippen LogP contribution in [0.3, 0.4) is 0 Å². The number of hydrogen-bond acceptors (Lipinski definition) is 8. The average molecular weight is 829 g/mol. The van der Waals surface area contributed by atoms with Gasteiger partial charge in [0.1, 0.15) is 28.9 Å². The van der Waals surface area contributed by atoms with Crippen molar-refractivity contribution in [2.24, 2.45) is 11.7 Å². The van der Waals surface area contributed by atoms with Crippen LogP contribution in [0, 0.1) is 17.8 Å². The summed E-state index contributed by atoms with van der Waals surface area (Å²) < 4.78 is 6.41. The number of aliphatic hydroxyl groups is 1. The van der Waals surface area contributed by atoms with Crippen LogP contribution in [0.2, 0.25) is 0 Å². The molecular formula is C51H48N4O7. The number of urea groups is 1. The van der Waals surface area contributed by atoms with Gasteiger partial charge in [0.15, 0.2) is 0 Å². The number of cyclic esters (lactones) is 1. The molecule has 5 aromatic rings. The fraction of sp³-hybridized carbons (Fsp3) is 0.294. The summed E-state index contributed by atoms with van der Waals surface area (Å²) >= 11 is 0. The van der Waals surface area contributed by atoms with Crippen LogP contribution < -0.4 is 16.0 Å². The van der Waals surface area contributed by atoms with Crippen molar-refractivity contribution in [1.29, 1.82) is 0 Å². The van der Waals surface area contributed by atoms with E-state index in [-0.39, 0.29) is 17.0 Å². The Morgan fingerprint density at radius 1 is 0.790 bits per heavy atom. The Morgan fingerprint density at radius 2 is 1.40 bits per heavy atom. The fourth-order valence-electron chi connectivity index (χ4n) is 10.4. The predicted octanol–water partition coefficient (Wildman–Crippen LogP) is 7.45. The van der Waals surface area contributed by atoms with Crippen molar-refractivity contribution in [3.8, 4) is 17.6 Å². The van der Waals surface area contributed by atoms with E-state index in [9.17, 15) is 24.6 Å². The number of hydrogen-bond donors (Lipinski definition) is 4. The summed E-state index contributed by atoms with van der Waals surface area (Å²) in [6.07, 6.45) is 3.85. The molecule has 1 spiro atoms. The van der Waals surface area contributed by atoms with Gasteiger partial charge in [-0.25, -0.2) is 9.69 Å². The molecule has 5 aromatic carbocycles. The lowest BCUT2D eigenvalue weighted by Crippen LogP contribution is -2.55. The number of amides is 4. The lowest BCUT2D eigenvalue weighted by molar-refractivity contribution is -0.178. The van der Waals surface area contributed by atoms with E-state index >= 15 is 4.79 Å². The highest BCUT2D eigenvalue weighted by atomic mass is 16.6. The summed E-state index contributed by atoms with van der Waals surface area (Å²) in [6.45, 7) is 1.81. The zero-order valence-electron chi connectivity index (χ0n) is 34.3. The van der Waals surface area contributed by atoms with Gasteiger partial charge in [0, 0.05) is 5.56 Å². The maximum atomic E-state index is 16.1. The van der Waals surface area contributed by atoms with Crippen molar-refractivity contribution in [3.63, 3.8) is 0 Å². The highest BCUT2D eigenvalue weighted by Crippen LogP contribution is 2.65. The maximum absolute atomic E-state index is 16.1. The van der Waals surface area contributed by atoms with Gasteiger partial charge in [0.2, 0.25) is 11.8 Å². The molecule has 1 aliphatic carbocycles. The Morgan fingerprint density at radius 3 is 2.03 bits per heavy atom. The molecule has 5 N–H and O–H groups in total. The second-order valence-corrected chi connectivity index (χ2v) is 16.9. The number of morpholine rings is 1. The molecule has 11 nitrogen and oxygen atoms in total. The van der Waals surface area contributed by atoms with Crippen LogP contribution in [0.5, 0.6) is 5.75 Å². The number of ether oxygens (including phenoxy) is 1. The Bertz CT molecular complexity index is 2570. The standard InChI is InChI=1S/C51H48N4O7/c1-32(34-15-7-4-8-16-34)53-49(60)54-40-26-21-33(27-30-50(61)28-13-2-3-14-29-50)31-39(40)51(48(54)59)41(46(52)57)43-47(58)62-44(36-19-11-6-12-20-36)42(35-17-9-5-10-18-35)55(43)45(51)37-22-24-38(56)25-23-37/h4-12,15-26,31-32,41-45,56,61H,2-3,13-14,28-29H2,1H3,(H2,52,57)(H,53,60). The third kappa shape index (κ3) is 6.89. The molecule has 0 aromatic heterocycles. The molecule has 314 valence electrons. The Kier molecular flexibility index (Phi) is 10.7. The molecule has 1 saturated carbocycles. The van der Waals surface area contributed by atoms with E-state index in [1.54, 1.807) is 30.3 Å². The van der Waals surface area contributed by atoms with E-state index in [0.29, 0.717) is 29.5 Å². The minimum absolute atomic E-state index is 0.0355. The number of nitrogens with two attached hydrogens (primary N) is 1. The zero-order chi connectivity index (χ0) is 43.2. The van der Waals surface area contributed by atoms with E-state index in [1.165, 1.54) is 12.1 Å². The van der Waals surface area contributed by atoms with Gasteiger partial charge in [0.05, 0.1) is 29.7 Å². The first-order chi connectivity index (χ1) is 30.0. The number of benzene rings is 5. The number of carbonyl (C=O) groups is 4. The smallest absolute Gasteiger partial charge is 0.329 e. The fourth-order valence-corrected chi connectivity index (χ4v) is 10.4. The van der Waals surface area contributed by atoms with Crippen molar-refractivity contribution in [1.82, 2.24) is 10.2 Å². The number of rotatable bonds is 6. The van der Waals surface area contributed by atoms with Crippen LogP contribution in [-0.4, -0.2) is 50.6 Å². The highest BCUT2D eigenvalue weighted by molar-refractivity contribution is 6.24. The number of primary amides is 1. The van der Waals surface area contributed by atoms with Gasteiger partial charge in [-0.15, -0.1) is 0 Å². The third-order valence-corrected chi connectivity index (χ3v) is 13.2. The molecule has 0 radical (unpaired) electrons. The summed E-state index contributed by atoms with van der Waals surface area (Å²) in [5.74, 6) is 2.26. The minimum atomic E-state index is -2.02. The van der Waals surface area contributed by atoms with Gasteiger partial charge < -0.3 is 26.0 Å². The van der Waals surface area contributed by atoms with Crippen LogP contribution >= 0.6 is 0 Å². The van der Waals surface area contributed by atoms with E-state index in [1.807, 2.05) is 103 Å². The second kappa shape index (κ2) is 16.3. The lowest BCUT2D eigenvalue weighted by Gasteiger charge is -2.46. The maximum Gasteiger partial charge on any atom is 0.329 e. The third-order valence-electron chi connectivity index (χ3n) is 13.2. The Hall–Kier alpha value is -6.74.